The minimum atomic E-state index is -4.47. The predicted octanol–water partition coefficient (Wildman–Crippen LogP) is 5.55. The van der Waals surface area contributed by atoms with Gasteiger partial charge in [0.1, 0.15) is 0 Å². The van der Waals surface area contributed by atoms with Crippen molar-refractivity contribution < 1.29 is 13.2 Å². The number of aryl methyl sites for hydroxylation is 2. The summed E-state index contributed by atoms with van der Waals surface area (Å²) < 4.78 is 42.6. The maximum Gasteiger partial charge on any atom is 0.417 e. The van der Waals surface area contributed by atoms with Crippen LogP contribution in [0.2, 0.25) is 4.34 Å². The van der Waals surface area contributed by atoms with E-state index in [-0.39, 0.29) is 16.7 Å². The lowest BCUT2D eigenvalue weighted by Crippen LogP contribution is -2.08. The summed E-state index contributed by atoms with van der Waals surface area (Å²) in [4.78, 5) is 5.03. The fourth-order valence-electron chi connectivity index (χ4n) is 2.52. The fraction of sp³-hybridized carbons (Fsp3) is 0.333. The van der Waals surface area contributed by atoms with Crippen molar-refractivity contribution in [3.63, 3.8) is 0 Å². The number of fused-ring (bicyclic) bond motifs is 1. The lowest BCUT2D eigenvalue weighted by molar-refractivity contribution is -0.136. The molecule has 0 aliphatic carbocycles. The van der Waals surface area contributed by atoms with Gasteiger partial charge >= 0.3 is 6.18 Å². The SMILES string of the molecule is CCCn1nc(C)c2c(C(F)(F)F)cc(-c3ccc(Cl)s3)nc21. The third-order valence-electron chi connectivity index (χ3n) is 3.44. The monoisotopic (exact) mass is 359 g/mol. The van der Waals surface area contributed by atoms with Gasteiger partial charge in [0.05, 0.1) is 31.6 Å². The summed E-state index contributed by atoms with van der Waals surface area (Å²) in [6, 6.07) is 4.40. The van der Waals surface area contributed by atoms with Crippen LogP contribution < -0.4 is 0 Å². The van der Waals surface area contributed by atoms with Gasteiger partial charge < -0.3 is 0 Å². The normalized spacial score (nSPS) is 12.3. The molecule has 23 heavy (non-hydrogen) atoms. The molecule has 3 heterocycles. The largest absolute Gasteiger partial charge is 0.417 e. The highest BCUT2D eigenvalue weighted by Crippen LogP contribution is 2.39. The van der Waals surface area contributed by atoms with Gasteiger partial charge in [0.2, 0.25) is 0 Å². The van der Waals surface area contributed by atoms with E-state index in [1.54, 1.807) is 23.7 Å². The molecule has 122 valence electrons. The molecule has 0 spiro atoms. The van der Waals surface area contributed by atoms with Gasteiger partial charge in [-0.25, -0.2) is 9.67 Å². The lowest BCUT2D eigenvalue weighted by Gasteiger charge is -2.11. The Hall–Kier alpha value is -1.60. The van der Waals surface area contributed by atoms with E-state index in [0.717, 1.165) is 12.5 Å². The van der Waals surface area contributed by atoms with Crippen molar-refractivity contribution in [2.45, 2.75) is 33.0 Å². The highest BCUT2D eigenvalue weighted by atomic mass is 35.5. The maximum atomic E-state index is 13.5. The van der Waals surface area contributed by atoms with Crippen LogP contribution in [0.15, 0.2) is 18.2 Å². The van der Waals surface area contributed by atoms with Crippen molar-refractivity contribution in [2.75, 3.05) is 0 Å². The Kier molecular flexibility index (Phi) is 4.10. The molecule has 0 aromatic carbocycles. The van der Waals surface area contributed by atoms with E-state index >= 15 is 0 Å². The van der Waals surface area contributed by atoms with E-state index in [1.165, 1.54) is 11.3 Å². The molecule has 0 saturated carbocycles. The molecule has 3 rings (SSSR count). The third kappa shape index (κ3) is 2.95. The molecule has 0 amide bonds. The number of hydrogen-bond donors (Lipinski definition) is 0. The van der Waals surface area contributed by atoms with Gasteiger partial charge in [-0.05, 0) is 31.5 Å². The van der Waals surface area contributed by atoms with Crippen molar-refractivity contribution in [1.29, 1.82) is 0 Å². The molecule has 8 heteroatoms. The van der Waals surface area contributed by atoms with Gasteiger partial charge in [-0.3, -0.25) is 0 Å². The summed E-state index contributed by atoms with van der Waals surface area (Å²) in [5, 5.41) is 4.29. The average molecular weight is 360 g/mol. The third-order valence-corrected chi connectivity index (χ3v) is 4.70. The minimum Gasteiger partial charge on any atom is -0.247 e. The van der Waals surface area contributed by atoms with Crippen LogP contribution >= 0.6 is 22.9 Å². The summed E-state index contributed by atoms with van der Waals surface area (Å²) in [6.45, 7) is 4.03. The maximum absolute atomic E-state index is 13.5. The van der Waals surface area contributed by atoms with Gasteiger partial charge in [-0.2, -0.15) is 18.3 Å². The summed E-state index contributed by atoms with van der Waals surface area (Å²) in [6.07, 6.45) is -3.71. The molecule has 3 aromatic rings. The predicted molar refractivity (Wildman–Crippen MR) is 85.9 cm³/mol. The molecule has 0 saturated heterocycles. The van der Waals surface area contributed by atoms with Crippen LogP contribution in [0.1, 0.15) is 24.6 Å². The molecule has 0 bridgehead atoms. The summed E-state index contributed by atoms with van der Waals surface area (Å²) in [7, 11) is 0. The standard InChI is InChI=1S/C15H13ClF3N3S/c1-3-6-22-14-13(8(2)21-22)9(15(17,18)19)7-10(20-14)11-4-5-12(16)23-11/h4-5,7H,3,6H2,1-2H3. The van der Waals surface area contributed by atoms with Crippen molar-refractivity contribution in [3.8, 4) is 10.6 Å². The van der Waals surface area contributed by atoms with Crippen LogP contribution in [-0.2, 0) is 12.7 Å². The number of thiophene rings is 1. The van der Waals surface area contributed by atoms with E-state index < -0.39 is 11.7 Å². The molecule has 0 radical (unpaired) electrons. The van der Waals surface area contributed by atoms with E-state index in [0.29, 0.717) is 21.5 Å². The van der Waals surface area contributed by atoms with Gasteiger partial charge in [-0.15, -0.1) is 11.3 Å². The Labute approximate surface area is 139 Å². The second-order valence-corrected chi connectivity index (χ2v) is 6.88. The molecule has 0 atom stereocenters. The summed E-state index contributed by atoms with van der Waals surface area (Å²) in [5.74, 6) is 0. The topological polar surface area (TPSA) is 30.7 Å². The highest BCUT2D eigenvalue weighted by Gasteiger charge is 2.35. The number of nitrogens with zero attached hydrogens (tertiary/aromatic N) is 3. The first-order valence-electron chi connectivity index (χ1n) is 7.02. The van der Waals surface area contributed by atoms with Gasteiger partial charge in [0.15, 0.2) is 5.65 Å². The quantitative estimate of drug-likeness (QED) is 0.613. The van der Waals surface area contributed by atoms with E-state index in [2.05, 4.69) is 10.1 Å². The molecule has 0 aliphatic rings. The first kappa shape index (κ1) is 16.3. The zero-order valence-electron chi connectivity index (χ0n) is 12.4. The Morgan fingerprint density at radius 1 is 1.30 bits per heavy atom. The van der Waals surface area contributed by atoms with Crippen LogP contribution in [0.5, 0.6) is 0 Å². The molecule has 0 N–H and O–H groups in total. The van der Waals surface area contributed by atoms with Gasteiger partial charge in [-0.1, -0.05) is 18.5 Å². The number of pyridine rings is 1. The van der Waals surface area contributed by atoms with Crippen LogP contribution in [0, 0.1) is 6.92 Å². The number of alkyl halides is 3. The van der Waals surface area contributed by atoms with Crippen LogP contribution in [0.3, 0.4) is 0 Å². The summed E-state index contributed by atoms with van der Waals surface area (Å²) >= 11 is 7.09. The van der Waals surface area contributed by atoms with E-state index in [4.69, 9.17) is 11.6 Å². The second kappa shape index (κ2) is 5.79. The molecule has 3 aromatic heterocycles. The Morgan fingerprint density at radius 3 is 2.61 bits per heavy atom. The van der Waals surface area contributed by atoms with Gasteiger partial charge in [0.25, 0.3) is 0 Å². The lowest BCUT2D eigenvalue weighted by atomic mass is 10.1. The first-order valence-corrected chi connectivity index (χ1v) is 8.21. The zero-order valence-corrected chi connectivity index (χ0v) is 14.0. The first-order chi connectivity index (χ1) is 10.8. The Bertz CT molecular complexity index is 867. The van der Waals surface area contributed by atoms with Crippen molar-refractivity contribution >= 4 is 34.0 Å². The highest BCUT2D eigenvalue weighted by molar-refractivity contribution is 7.19. The Morgan fingerprint density at radius 2 is 2.04 bits per heavy atom. The molecule has 0 aliphatic heterocycles. The van der Waals surface area contributed by atoms with Gasteiger partial charge in [0, 0.05) is 6.54 Å². The molecular weight excluding hydrogens is 347 g/mol. The molecule has 0 unspecified atom stereocenters. The number of rotatable bonds is 3. The van der Waals surface area contributed by atoms with Crippen LogP contribution in [0.4, 0.5) is 13.2 Å². The zero-order chi connectivity index (χ0) is 16.8. The molecule has 0 fully saturated rings. The second-order valence-electron chi connectivity index (χ2n) is 5.16. The molecular formula is C15H13ClF3N3S. The Balaban J connectivity index is 2.34. The fourth-order valence-corrected chi connectivity index (χ4v) is 3.53. The minimum absolute atomic E-state index is 0.0670. The number of halogens is 4. The van der Waals surface area contributed by atoms with Crippen molar-refractivity contribution in [2.24, 2.45) is 0 Å². The van der Waals surface area contributed by atoms with E-state index in [1.807, 2.05) is 6.92 Å². The average Bonchev–Trinajstić information content (AvgIpc) is 3.02. The van der Waals surface area contributed by atoms with Crippen molar-refractivity contribution in [1.82, 2.24) is 14.8 Å². The van der Waals surface area contributed by atoms with Crippen LogP contribution in [0.25, 0.3) is 21.6 Å². The van der Waals surface area contributed by atoms with E-state index in [9.17, 15) is 13.2 Å². The summed E-state index contributed by atoms with van der Waals surface area (Å²) in [5.41, 5.74) is 0.156. The van der Waals surface area contributed by atoms with Crippen LogP contribution in [-0.4, -0.2) is 14.8 Å². The number of aromatic nitrogens is 3. The van der Waals surface area contributed by atoms with Crippen molar-refractivity contribution in [3.05, 3.63) is 33.8 Å². The molecule has 3 nitrogen and oxygen atoms in total. The smallest absolute Gasteiger partial charge is 0.247 e. The number of hydrogen-bond acceptors (Lipinski definition) is 3.